The summed E-state index contributed by atoms with van der Waals surface area (Å²) in [7, 11) is 1.82. The number of hydrogen-bond acceptors (Lipinski definition) is 3. The fraction of sp³-hybridized carbons (Fsp3) is 0.250. The molecule has 4 nitrogen and oxygen atoms in total. The van der Waals surface area contributed by atoms with E-state index in [1.54, 1.807) is 41.3 Å². The maximum absolute atomic E-state index is 9.94. The molecule has 1 heterocycles. The molecule has 1 aromatic carbocycles. The molecule has 0 aliphatic rings. The minimum atomic E-state index is -0.557. The molecule has 2 N–H and O–H groups in total. The van der Waals surface area contributed by atoms with Gasteiger partial charge in [0.1, 0.15) is 5.75 Å². The van der Waals surface area contributed by atoms with Crippen LogP contribution in [0.4, 0.5) is 0 Å². The van der Waals surface area contributed by atoms with Crippen molar-refractivity contribution >= 4 is 0 Å². The third-order valence-corrected chi connectivity index (χ3v) is 2.48. The molecule has 2 rings (SSSR count). The monoisotopic (exact) mass is 218 g/mol. The first-order valence-corrected chi connectivity index (χ1v) is 5.09. The molecule has 2 aromatic rings. The van der Waals surface area contributed by atoms with E-state index in [0.29, 0.717) is 6.42 Å². The molecule has 1 aromatic heterocycles. The first kappa shape index (κ1) is 10.7. The van der Waals surface area contributed by atoms with Gasteiger partial charge in [-0.3, -0.25) is 4.68 Å². The highest BCUT2D eigenvalue weighted by Crippen LogP contribution is 2.19. The number of aryl methyl sites for hydroxylation is 1. The van der Waals surface area contributed by atoms with Gasteiger partial charge in [0.15, 0.2) is 0 Å². The highest BCUT2D eigenvalue weighted by Gasteiger charge is 2.10. The number of hydrogen-bond donors (Lipinski definition) is 2. The minimum absolute atomic E-state index is 0.236. The Bertz CT molecular complexity index is 462. The highest BCUT2D eigenvalue weighted by atomic mass is 16.3. The van der Waals surface area contributed by atoms with Crippen LogP contribution in [-0.2, 0) is 13.5 Å². The van der Waals surface area contributed by atoms with Crippen LogP contribution in [-0.4, -0.2) is 20.0 Å². The van der Waals surface area contributed by atoms with Gasteiger partial charge in [-0.1, -0.05) is 12.1 Å². The fourth-order valence-electron chi connectivity index (χ4n) is 1.59. The van der Waals surface area contributed by atoms with E-state index in [4.69, 9.17) is 5.11 Å². The van der Waals surface area contributed by atoms with E-state index in [1.807, 2.05) is 7.05 Å². The van der Waals surface area contributed by atoms with Gasteiger partial charge in [0.25, 0.3) is 0 Å². The quantitative estimate of drug-likeness (QED) is 0.818. The van der Waals surface area contributed by atoms with Gasteiger partial charge in [-0.2, -0.15) is 5.10 Å². The van der Waals surface area contributed by atoms with E-state index in [-0.39, 0.29) is 5.75 Å². The number of benzene rings is 1. The van der Waals surface area contributed by atoms with Crippen molar-refractivity contribution in [3.63, 3.8) is 0 Å². The van der Waals surface area contributed by atoms with Gasteiger partial charge in [0, 0.05) is 25.2 Å². The highest BCUT2D eigenvalue weighted by molar-refractivity contribution is 5.27. The molecule has 1 unspecified atom stereocenters. The van der Waals surface area contributed by atoms with Crippen LogP contribution in [0.2, 0.25) is 0 Å². The lowest BCUT2D eigenvalue weighted by atomic mass is 10.0. The van der Waals surface area contributed by atoms with Crippen LogP contribution in [0.25, 0.3) is 0 Å². The summed E-state index contributed by atoms with van der Waals surface area (Å²) in [4.78, 5) is 0. The molecule has 16 heavy (non-hydrogen) atoms. The van der Waals surface area contributed by atoms with E-state index in [9.17, 15) is 5.11 Å². The van der Waals surface area contributed by atoms with Crippen molar-refractivity contribution < 1.29 is 10.2 Å². The Morgan fingerprint density at radius 1 is 1.31 bits per heavy atom. The van der Waals surface area contributed by atoms with Gasteiger partial charge < -0.3 is 10.2 Å². The number of rotatable bonds is 3. The lowest BCUT2D eigenvalue weighted by Crippen LogP contribution is -2.00. The van der Waals surface area contributed by atoms with Crippen molar-refractivity contribution in [3.05, 3.63) is 47.8 Å². The molecule has 0 saturated heterocycles. The van der Waals surface area contributed by atoms with Crippen molar-refractivity contribution in [3.8, 4) is 5.75 Å². The van der Waals surface area contributed by atoms with Crippen molar-refractivity contribution in [1.29, 1.82) is 0 Å². The Kier molecular flexibility index (Phi) is 2.92. The SMILES string of the molecule is Cn1cc(C(O)Cc2ccc(O)cc2)cn1. The Hall–Kier alpha value is -1.81. The largest absolute Gasteiger partial charge is 0.508 e. The molecule has 0 fully saturated rings. The van der Waals surface area contributed by atoms with E-state index < -0.39 is 6.10 Å². The molecule has 1 atom stereocenters. The second-order valence-corrected chi connectivity index (χ2v) is 3.83. The van der Waals surface area contributed by atoms with Gasteiger partial charge in [0.05, 0.1) is 12.3 Å². The summed E-state index contributed by atoms with van der Waals surface area (Å²) in [5, 5.41) is 23.1. The molecule has 0 bridgehead atoms. The van der Waals surface area contributed by atoms with E-state index >= 15 is 0 Å². The van der Waals surface area contributed by atoms with Gasteiger partial charge in [-0.25, -0.2) is 0 Å². The molecule has 0 amide bonds. The predicted molar refractivity (Wildman–Crippen MR) is 60.0 cm³/mol. The molecule has 0 radical (unpaired) electrons. The second-order valence-electron chi connectivity index (χ2n) is 3.83. The first-order chi connectivity index (χ1) is 7.65. The lowest BCUT2D eigenvalue weighted by molar-refractivity contribution is 0.178. The van der Waals surface area contributed by atoms with E-state index in [0.717, 1.165) is 11.1 Å². The topological polar surface area (TPSA) is 58.3 Å². The molecule has 0 aliphatic carbocycles. The normalized spacial score (nSPS) is 12.6. The number of aliphatic hydroxyl groups excluding tert-OH is 1. The molecular formula is C12H14N2O2. The van der Waals surface area contributed by atoms with Crippen molar-refractivity contribution in [2.75, 3.05) is 0 Å². The van der Waals surface area contributed by atoms with Crippen LogP contribution in [0.1, 0.15) is 17.2 Å². The average Bonchev–Trinajstić information content (AvgIpc) is 2.68. The summed E-state index contributed by atoms with van der Waals surface area (Å²) < 4.78 is 1.66. The number of nitrogens with zero attached hydrogens (tertiary/aromatic N) is 2. The summed E-state index contributed by atoms with van der Waals surface area (Å²) in [5.74, 6) is 0.236. The standard InChI is InChI=1S/C12H14N2O2/c1-14-8-10(7-13-14)12(16)6-9-2-4-11(15)5-3-9/h2-5,7-8,12,15-16H,6H2,1H3. The van der Waals surface area contributed by atoms with Gasteiger partial charge in [-0.15, -0.1) is 0 Å². The van der Waals surface area contributed by atoms with Crippen LogP contribution in [0.15, 0.2) is 36.7 Å². The van der Waals surface area contributed by atoms with Gasteiger partial charge in [-0.05, 0) is 17.7 Å². The zero-order valence-corrected chi connectivity index (χ0v) is 9.04. The van der Waals surface area contributed by atoms with Crippen LogP contribution in [0.3, 0.4) is 0 Å². The maximum Gasteiger partial charge on any atom is 0.115 e. The minimum Gasteiger partial charge on any atom is -0.508 e. The number of aromatic hydroxyl groups is 1. The third-order valence-electron chi connectivity index (χ3n) is 2.48. The average molecular weight is 218 g/mol. The first-order valence-electron chi connectivity index (χ1n) is 5.09. The van der Waals surface area contributed by atoms with E-state index in [2.05, 4.69) is 5.10 Å². The Labute approximate surface area is 93.8 Å². The van der Waals surface area contributed by atoms with Gasteiger partial charge >= 0.3 is 0 Å². The van der Waals surface area contributed by atoms with Crippen LogP contribution < -0.4 is 0 Å². The molecule has 0 saturated carbocycles. The summed E-state index contributed by atoms with van der Waals surface area (Å²) in [6.45, 7) is 0. The zero-order valence-electron chi connectivity index (χ0n) is 9.04. The third kappa shape index (κ3) is 2.41. The number of phenolic OH excluding ortho intramolecular Hbond substituents is 1. The second kappa shape index (κ2) is 4.37. The number of aliphatic hydroxyl groups is 1. The van der Waals surface area contributed by atoms with Crippen LogP contribution in [0, 0.1) is 0 Å². The Morgan fingerprint density at radius 3 is 2.56 bits per heavy atom. The van der Waals surface area contributed by atoms with Gasteiger partial charge in [0.2, 0.25) is 0 Å². The van der Waals surface area contributed by atoms with Crippen molar-refractivity contribution in [1.82, 2.24) is 9.78 Å². The summed E-state index contributed by atoms with van der Waals surface area (Å²) in [5.41, 5.74) is 1.78. The summed E-state index contributed by atoms with van der Waals surface area (Å²) >= 11 is 0. The smallest absolute Gasteiger partial charge is 0.115 e. The molecule has 84 valence electrons. The number of aromatic nitrogens is 2. The maximum atomic E-state index is 9.94. The predicted octanol–water partition coefficient (Wildman–Crippen LogP) is 1.40. The van der Waals surface area contributed by atoms with Crippen LogP contribution in [0.5, 0.6) is 5.75 Å². The summed E-state index contributed by atoms with van der Waals surface area (Å²) in [6.07, 6.45) is 3.42. The van der Waals surface area contributed by atoms with E-state index in [1.165, 1.54) is 0 Å². The van der Waals surface area contributed by atoms with Crippen molar-refractivity contribution in [2.24, 2.45) is 7.05 Å². The fourth-order valence-corrected chi connectivity index (χ4v) is 1.59. The zero-order chi connectivity index (χ0) is 11.5. The molecule has 4 heteroatoms. The Morgan fingerprint density at radius 2 is 2.00 bits per heavy atom. The van der Waals surface area contributed by atoms with Crippen LogP contribution >= 0.6 is 0 Å². The summed E-state index contributed by atoms with van der Waals surface area (Å²) in [6, 6.07) is 6.83. The molecule has 0 aliphatic heterocycles. The molecule has 0 spiro atoms. The Balaban J connectivity index is 2.07. The number of phenols is 1. The van der Waals surface area contributed by atoms with Crippen molar-refractivity contribution in [2.45, 2.75) is 12.5 Å². The lowest BCUT2D eigenvalue weighted by Gasteiger charge is -2.08. The molecular weight excluding hydrogens is 204 g/mol.